The number of hydrogen-bond donors (Lipinski definition) is 7. The molecule has 0 aliphatic carbocycles. The van der Waals surface area contributed by atoms with Gasteiger partial charge in [0.2, 0.25) is 33.7 Å². The number of carbonyl (C=O) groups is 6. The second-order valence-electron chi connectivity index (χ2n) is 15.3. The third-order valence-corrected chi connectivity index (χ3v) is 12.6. The highest BCUT2D eigenvalue weighted by atomic mass is 32.2. The van der Waals surface area contributed by atoms with Gasteiger partial charge in [-0.15, -0.1) is 0 Å². The molecule has 0 unspecified atom stereocenters. The van der Waals surface area contributed by atoms with Crippen molar-refractivity contribution in [1.82, 2.24) is 25.2 Å². The highest BCUT2D eigenvalue weighted by molar-refractivity contribution is 7.89. The first-order chi connectivity index (χ1) is 29.7. The van der Waals surface area contributed by atoms with E-state index < -0.39 is 52.0 Å². The summed E-state index contributed by atoms with van der Waals surface area (Å²) >= 11 is 0. The number of aliphatic carboxylic acids is 1. The number of nitrogens with one attached hydrogen (secondary N) is 5. The van der Waals surface area contributed by atoms with Gasteiger partial charge in [0.05, 0.1) is 11.3 Å². The van der Waals surface area contributed by atoms with E-state index in [-0.39, 0.29) is 55.5 Å². The first-order valence-electron chi connectivity index (χ1n) is 21.0. The summed E-state index contributed by atoms with van der Waals surface area (Å²) in [6.07, 6.45) is 4.48. The topological polar surface area (TPSA) is 249 Å². The number of rotatable bonds is 24. The Morgan fingerprint density at radius 1 is 0.839 bits per heavy atom. The number of likely N-dealkylation sites (N-methyl/N-ethyl adjacent to an activating group) is 1. The third kappa shape index (κ3) is 15.0. The number of anilines is 2. The third-order valence-electron chi connectivity index (χ3n) is 10.7. The Kier molecular flexibility index (Phi) is 19.3. The van der Waals surface area contributed by atoms with Gasteiger partial charge < -0.3 is 42.3 Å². The molecule has 0 spiro atoms. The molecule has 0 bridgehead atoms. The molecule has 17 nitrogen and oxygen atoms in total. The summed E-state index contributed by atoms with van der Waals surface area (Å²) in [6.45, 7) is 2.78. The molecule has 6 amide bonds. The van der Waals surface area contributed by atoms with Gasteiger partial charge in [-0.05, 0) is 106 Å². The van der Waals surface area contributed by atoms with Crippen molar-refractivity contribution in [3.05, 3.63) is 90.0 Å². The van der Waals surface area contributed by atoms with Crippen LogP contribution < -0.4 is 32.3 Å². The van der Waals surface area contributed by atoms with Gasteiger partial charge >= 0.3 is 12.0 Å². The van der Waals surface area contributed by atoms with Gasteiger partial charge in [-0.1, -0.05) is 55.0 Å². The van der Waals surface area contributed by atoms with Gasteiger partial charge in [0.1, 0.15) is 18.1 Å². The van der Waals surface area contributed by atoms with Gasteiger partial charge in [0.25, 0.3) is 0 Å². The van der Waals surface area contributed by atoms with E-state index >= 15 is 0 Å². The Hall–Kier alpha value is -5.85. The van der Waals surface area contributed by atoms with Crippen LogP contribution in [0.4, 0.5) is 16.2 Å². The van der Waals surface area contributed by atoms with E-state index in [0.717, 1.165) is 29.1 Å². The molecule has 1 heterocycles. The lowest BCUT2D eigenvalue weighted by Crippen LogP contribution is -2.52. The molecule has 336 valence electrons. The van der Waals surface area contributed by atoms with Crippen molar-refractivity contribution in [1.29, 1.82) is 0 Å². The Labute approximate surface area is 363 Å². The molecule has 1 saturated heterocycles. The summed E-state index contributed by atoms with van der Waals surface area (Å²) in [7, 11) is -2.49. The average Bonchev–Trinajstić information content (AvgIpc) is 3.76. The van der Waals surface area contributed by atoms with Crippen LogP contribution >= 0.6 is 0 Å². The number of para-hydroxylation sites is 1. The van der Waals surface area contributed by atoms with E-state index in [1.54, 1.807) is 48.5 Å². The number of unbranched alkanes of at least 4 members (excludes halogenated alkanes) is 3. The molecule has 1 aliphatic heterocycles. The zero-order valence-electron chi connectivity index (χ0n) is 35.4. The van der Waals surface area contributed by atoms with Crippen LogP contribution in [0, 0.1) is 6.92 Å². The van der Waals surface area contributed by atoms with Crippen LogP contribution in [-0.2, 0) is 40.4 Å². The molecule has 0 radical (unpaired) electrons. The number of amides is 6. The maximum Gasteiger partial charge on any atom is 0.326 e. The Morgan fingerprint density at radius 3 is 2.24 bits per heavy atom. The zero-order valence-corrected chi connectivity index (χ0v) is 36.3. The van der Waals surface area contributed by atoms with Crippen molar-refractivity contribution in [2.75, 3.05) is 43.9 Å². The normalized spacial score (nSPS) is 14.9. The lowest BCUT2D eigenvalue weighted by Gasteiger charge is -2.28. The molecule has 3 aromatic carbocycles. The van der Waals surface area contributed by atoms with Gasteiger partial charge in [0.15, 0.2) is 0 Å². The Balaban J connectivity index is 1.35. The van der Waals surface area contributed by atoms with E-state index in [0.29, 0.717) is 55.7 Å². The molecule has 1 fully saturated rings. The van der Waals surface area contributed by atoms with E-state index in [9.17, 15) is 42.3 Å². The fourth-order valence-corrected chi connectivity index (χ4v) is 8.74. The predicted molar refractivity (Wildman–Crippen MR) is 235 cm³/mol. The van der Waals surface area contributed by atoms with Crippen LogP contribution in [0.25, 0.3) is 0 Å². The molecule has 1 aliphatic rings. The summed E-state index contributed by atoms with van der Waals surface area (Å²) in [5.41, 5.74) is 8.25. The van der Waals surface area contributed by atoms with Crippen molar-refractivity contribution in [3.8, 4) is 0 Å². The molecule has 3 atom stereocenters. The quantitative estimate of drug-likeness (QED) is 0.0643. The lowest BCUT2D eigenvalue weighted by molar-refractivity contribution is -0.142. The smallest absolute Gasteiger partial charge is 0.326 e. The monoisotopic (exact) mass is 876 g/mol. The number of carboxylic acid groups (broad SMARTS) is 1. The van der Waals surface area contributed by atoms with E-state index in [4.69, 9.17) is 5.73 Å². The van der Waals surface area contributed by atoms with Crippen LogP contribution in [0.3, 0.4) is 0 Å². The first-order valence-corrected chi connectivity index (χ1v) is 22.5. The number of urea groups is 1. The number of hydrogen-bond acceptors (Lipinski definition) is 9. The number of carboxylic acids is 1. The van der Waals surface area contributed by atoms with Crippen molar-refractivity contribution in [2.24, 2.45) is 5.73 Å². The molecule has 0 saturated carbocycles. The fraction of sp³-hybridized carbons (Fsp3) is 0.455. The number of benzene rings is 3. The van der Waals surface area contributed by atoms with Gasteiger partial charge in [-0.25, -0.2) is 18.0 Å². The molecule has 18 heteroatoms. The lowest BCUT2D eigenvalue weighted by atomic mass is 10.0. The minimum atomic E-state index is -4.01. The number of aryl methyl sites for hydroxylation is 1. The maximum atomic E-state index is 13.7. The second-order valence-corrected chi connectivity index (χ2v) is 17.2. The highest BCUT2D eigenvalue weighted by Gasteiger charge is 2.40. The minimum Gasteiger partial charge on any atom is -0.480 e. The van der Waals surface area contributed by atoms with Crippen molar-refractivity contribution in [2.45, 2.75) is 101 Å². The first kappa shape index (κ1) is 48.8. The average molecular weight is 877 g/mol. The number of nitrogens with zero attached hydrogens (tertiary/aromatic N) is 2. The summed E-state index contributed by atoms with van der Waals surface area (Å²) in [5, 5.41) is 23.6. The SMILES string of the molecule is Cc1ccccc1NC(=O)Nc1ccc(CC(=O)N(C)[C@@H](CCCCNC(=O)CCCCCN)C(=O)NCC[C@H](NC(=O)[C@@H]2CCCN2S(=O)(=O)c2ccccc2)C(=O)O)cc1. The summed E-state index contributed by atoms with van der Waals surface area (Å²) < 4.78 is 27.7. The zero-order chi connectivity index (χ0) is 45.1. The molecular weight excluding hydrogens is 817 g/mol. The molecular formula is C44H60N8O9S. The van der Waals surface area contributed by atoms with Crippen molar-refractivity contribution >= 4 is 57.0 Å². The van der Waals surface area contributed by atoms with E-state index in [1.165, 1.54) is 24.1 Å². The molecule has 62 heavy (non-hydrogen) atoms. The number of sulfonamides is 1. The van der Waals surface area contributed by atoms with Crippen LogP contribution in [0.5, 0.6) is 0 Å². The highest BCUT2D eigenvalue weighted by Crippen LogP contribution is 2.26. The van der Waals surface area contributed by atoms with Gasteiger partial charge in [0, 0.05) is 44.5 Å². The Bertz CT molecular complexity index is 2090. The van der Waals surface area contributed by atoms with Crippen LogP contribution in [0.1, 0.15) is 75.3 Å². The molecule has 4 rings (SSSR count). The van der Waals surface area contributed by atoms with Gasteiger partial charge in [-0.3, -0.25) is 19.2 Å². The number of nitrogens with two attached hydrogens (primary N) is 1. The van der Waals surface area contributed by atoms with Crippen LogP contribution in [0.15, 0.2) is 83.8 Å². The molecule has 8 N–H and O–H groups in total. The Morgan fingerprint density at radius 2 is 1.55 bits per heavy atom. The van der Waals surface area contributed by atoms with Crippen molar-refractivity contribution in [3.63, 3.8) is 0 Å². The summed E-state index contributed by atoms with van der Waals surface area (Å²) in [5.74, 6) is -3.08. The largest absolute Gasteiger partial charge is 0.480 e. The number of carbonyl (C=O) groups excluding carboxylic acids is 5. The van der Waals surface area contributed by atoms with Crippen molar-refractivity contribution < 1.29 is 42.3 Å². The van der Waals surface area contributed by atoms with Crippen LogP contribution in [-0.4, -0.2) is 110 Å². The standard InChI is InChI=1S/C44H60N8O9S/c1-31-14-8-9-17-35(31)50-44(59)48-33-23-21-32(22-24-33)30-40(54)51(2)37(18-10-12-27-46-39(53)20-7-4-11-26-45)41(55)47-28-25-36(43(57)58)49-42(56)38-19-13-29-52(38)62(60,61)34-15-5-3-6-16-34/h3,5-6,8-9,14-17,21-24,36-38H,4,7,10-13,18-20,25-30,45H2,1-2H3,(H,46,53)(H,47,55)(H,49,56)(H,57,58)(H2,48,50,59)/t36-,37-,38-/m0/s1. The minimum absolute atomic E-state index is 0.0277. The summed E-state index contributed by atoms with van der Waals surface area (Å²) in [4.78, 5) is 79.1. The molecule has 3 aromatic rings. The maximum absolute atomic E-state index is 13.7. The predicted octanol–water partition coefficient (Wildman–Crippen LogP) is 3.74. The molecule has 0 aromatic heterocycles. The van der Waals surface area contributed by atoms with Gasteiger partial charge in [-0.2, -0.15) is 4.31 Å². The van der Waals surface area contributed by atoms with Crippen LogP contribution in [0.2, 0.25) is 0 Å². The van der Waals surface area contributed by atoms with E-state index in [2.05, 4.69) is 26.6 Å². The summed E-state index contributed by atoms with van der Waals surface area (Å²) in [6, 6.07) is 17.9. The second kappa shape index (κ2) is 24.6. The van der Waals surface area contributed by atoms with E-state index in [1.807, 2.05) is 25.1 Å². The fourth-order valence-electron chi connectivity index (χ4n) is 7.06.